The van der Waals surface area contributed by atoms with E-state index < -0.39 is 0 Å². The summed E-state index contributed by atoms with van der Waals surface area (Å²) < 4.78 is 0. The number of likely N-dealkylation sites (tertiary alicyclic amines) is 1. The van der Waals surface area contributed by atoms with Crippen LogP contribution in [0.2, 0.25) is 0 Å². The highest BCUT2D eigenvalue weighted by Crippen LogP contribution is 2.18. The van der Waals surface area contributed by atoms with Crippen LogP contribution in [0.3, 0.4) is 0 Å². The molecule has 1 aromatic rings. The highest BCUT2D eigenvalue weighted by Gasteiger charge is 2.23. The normalized spacial score (nSPS) is 19.4. The molecule has 1 atom stereocenters. The fourth-order valence-corrected chi connectivity index (χ4v) is 3.09. The first-order chi connectivity index (χ1) is 9.69. The van der Waals surface area contributed by atoms with Gasteiger partial charge in [-0.05, 0) is 31.4 Å². The van der Waals surface area contributed by atoms with Crippen molar-refractivity contribution in [1.29, 1.82) is 0 Å². The van der Waals surface area contributed by atoms with Crippen LogP contribution in [0.15, 0.2) is 30.3 Å². The van der Waals surface area contributed by atoms with Crippen molar-refractivity contribution in [2.24, 2.45) is 5.92 Å². The Morgan fingerprint density at radius 1 is 1.40 bits per heavy atom. The summed E-state index contributed by atoms with van der Waals surface area (Å²) in [6, 6.07) is 10.5. The third kappa shape index (κ3) is 4.50. The predicted molar refractivity (Wildman–Crippen MR) is 82.8 cm³/mol. The lowest BCUT2D eigenvalue weighted by Crippen LogP contribution is -2.43. The second-order valence-electron chi connectivity index (χ2n) is 5.66. The van der Waals surface area contributed by atoms with E-state index in [1.54, 1.807) is 0 Å². The first-order valence-electron chi connectivity index (χ1n) is 7.25. The molecule has 1 aliphatic heterocycles. The summed E-state index contributed by atoms with van der Waals surface area (Å²) in [7, 11) is 2.15. The van der Waals surface area contributed by atoms with Crippen LogP contribution in [0.5, 0.6) is 0 Å². The molecule has 1 aromatic carbocycles. The molecule has 0 saturated carbocycles. The molecule has 1 aliphatic rings. The van der Waals surface area contributed by atoms with E-state index in [0.29, 0.717) is 5.92 Å². The second-order valence-corrected chi connectivity index (χ2v) is 5.93. The predicted octanol–water partition coefficient (Wildman–Crippen LogP) is 2.60. The number of rotatable bonds is 5. The van der Waals surface area contributed by atoms with Crippen LogP contribution >= 0.6 is 11.6 Å². The number of hydrogen-bond acceptors (Lipinski definition) is 2. The van der Waals surface area contributed by atoms with Crippen molar-refractivity contribution in [2.75, 3.05) is 32.6 Å². The van der Waals surface area contributed by atoms with Crippen LogP contribution in [0.1, 0.15) is 18.4 Å². The van der Waals surface area contributed by atoms with Crippen LogP contribution in [-0.2, 0) is 11.3 Å². The molecule has 1 saturated heterocycles. The number of hydrogen-bond donors (Lipinski definition) is 0. The fraction of sp³-hybridized carbons (Fsp3) is 0.562. The van der Waals surface area contributed by atoms with E-state index in [4.69, 9.17) is 11.6 Å². The van der Waals surface area contributed by atoms with Crippen molar-refractivity contribution in [3.63, 3.8) is 0 Å². The molecule has 0 spiro atoms. The van der Waals surface area contributed by atoms with E-state index in [2.05, 4.69) is 36.2 Å². The molecule has 110 valence electrons. The molecule has 0 aliphatic carbocycles. The van der Waals surface area contributed by atoms with Crippen molar-refractivity contribution in [1.82, 2.24) is 9.80 Å². The van der Waals surface area contributed by atoms with Gasteiger partial charge in [-0.1, -0.05) is 30.3 Å². The number of benzene rings is 1. The standard InChI is InChI=1S/C16H23ClN2O/c1-18(11-14-6-3-2-4-7-14)12-15-8-5-9-19(13-15)16(20)10-17/h2-4,6-7,15H,5,8-13H2,1H3. The van der Waals surface area contributed by atoms with Crippen molar-refractivity contribution in [3.05, 3.63) is 35.9 Å². The largest absolute Gasteiger partial charge is 0.341 e. The summed E-state index contributed by atoms with van der Waals surface area (Å²) in [5, 5.41) is 0. The molecule has 1 unspecified atom stereocenters. The average molecular weight is 295 g/mol. The monoisotopic (exact) mass is 294 g/mol. The minimum absolute atomic E-state index is 0.0714. The van der Waals surface area contributed by atoms with E-state index in [-0.39, 0.29) is 11.8 Å². The Kier molecular flexibility index (Phi) is 5.86. The summed E-state index contributed by atoms with van der Waals surface area (Å²) in [5.74, 6) is 0.735. The zero-order chi connectivity index (χ0) is 14.4. The van der Waals surface area contributed by atoms with Gasteiger partial charge in [-0.25, -0.2) is 0 Å². The van der Waals surface area contributed by atoms with Crippen LogP contribution in [0.4, 0.5) is 0 Å². The molecular weight excluding hydrogens is 272 g/mol. The number of amides is 1. The van der Waals surface area contributed by atoms with E-state index >= 15 is 0 Å². The number of nitrogens with zero attached hydrogens (tertiary/aromatic N) is 2. The lowest BCUT2D eigenvalue weighted by Gasteiger charge is -2.34. The number of halogens is 1. The Labute approximate surface area is 126 Å². The minimum atomic E-state index is 0.0714. The van der Waals surface area contributed by atoms with E-state index in [1.165, 1.54) is 12.0 Å². The van der Waals surface area contributed by atoms with E-state index in [9.17, 15) is 4.79 Å². The Bertz CT molecular complexity index is 424. The molecule has 4 heteroatoms. The van der Waals surface area contributed by atoms with Crippen LogP contribution < -0.4 is 0 Å². The highest BCUT2D eigenvalue weighted by atomic mass is 35.5. The third-order valence-corrected chi connectivity index (χ3v) is 4.08. The highest BCUT2D eigenvalue weighted by molar-refractivity contribution is 6.27. The molecule has 1 heterocycles. The summed E-state index contributed by atoms with van der Waals surface area (Å²) in [6.07, 6.45) is 2.29. The maximum absolute atomic E-state index is 11.7. The number of alkyl halides is 1. The topological polar surface area (TPSA) is 23.6 Å². The number of carbonyl (C=O) groups excluding carboxylic acids is 1. The summed E-state index contributed by atoms with van der Waals surface area (Å²) in [6.45, 7) is 3.71. The molecule has 20 heavy (non-hydrogen) atoms. The maximum Gasteiger partial charge on any atom is 0.237 e. The lowest BCUT2D eigenvalue weighted by molar-refractivity contribution is -0.130. The Morgan fingerprint density at radius 2 is 2.15 bits per heavy atom. The van der Waals surface area contributed by atoms with Crippen LogP contribution in [-0.4, -0.2) is 48.3 Å². The SMILES string of the molecule is CN(Cc1ccccc1)CC1CCCN(C(=O)CCl)C1. The molecule has 0 aromatic heterocycles. The van der Waals surface area contributed by atoms with Gasteiger partial charge in [0.25, 0.3) is 0 Å². The third-order valence-electron chi connectivity index (χ3n) is 3.85. The molecule has 1 amide bonds. The van der Waals surface area contributed by atoms with Crippen molar-refractivity contribution in [3.8, 4) is 0 Å². The summed E-state index contributed by atoms with van der Waals surface area (Å²) in [4.78, 5) is 15.9. The molecular formula is C16H23ClN2O. The Hall–Kier alpha value is -1.06. The van der Waals surface area contributed by atoms with Gasteiger partial charge in [-0.15, -0.1) is 11.6 Å². The molecule has 1 fully saturated rings. The maximum atomic E-state index is 11.7. The van der Waals surface area contributed by atoms with Gasteiger partial charge in [-0.3, -0.25) is 4.79 Å². The Morgan fingerprint density at radius 3 is 2.85 bits per heavy atom. The second kappa shape index (κ2) is 7.65. The van der Waals surface area contributed by atoms with Gasteiger partial charge in [0.2, 0.25) is 5.91 Å². The zero-order valence-corrected chi connectivity index (χ0v) is 12.9. The summed E-state index contributed by atoms with van der Waals surface area (Å²) in [5.41, 5.74) is 1.33. The van der Waals surface area contributed by atoms with Crippen molar-refractivity contribution >= 4 is 17.5 Å². The molecule has 0 N–H and O–H groups in total. The number of carbonyl (C=O) groups is 1. The zero-order valence-electron chi connectivity index (χ0n) is 12.1. The van der Waals surface area contributed by atoms with Gasteiger partial charge >= 0.3 is 0 Å². The summed E-state index contributed by atoms with van der Waals surface area (Å²) >= 11 is 5.64. The first-order valence-corrected chi connectivity index (χ1v) is 7.78. The van der Waals surface area contributed by atoms with Crippen molar-refractivity contribution in [2.45, 2.75) is 19.4 Å². The van der Waals surface area contributed by atoms with Gasteiger partial charge in [0.1, 0.15) is 5.88 Å². The van der Waals surface area contributed by atoms with Crippen LogP contribution in [0, 0.1) is 5.92 Å². The first kappa shape index (κ1) is 15.3. The smallest absolute Gasteiger partial charge is 0.237 e. The van der Waals surface area contributed by atoms with Gasteiger partial charge < -0.3 is 9.80 Å². The van der Waals surface area contributed by atoms with Gasteiger partial charge in [0.05, 0.1) is 0 Å². The van der Waals surface area contributed by atoms with E-state index in [0.717, 1.165) is 32.6 Å². The average Bonchev–Trinajstić information content (AvgIpc) is 2.47. The Balaban J connectivity index is 1.81. The van der Waals surface area contributed by atoms with Gasteiger partial charge in [-0.2, -0.15) is 0 Å². The quantitative estimate of drug-likeness (QED) is 0.780. The van der Waals surface area contributed by atoms with Crippen LogP contribution in [0.25, 0.3) is 0 Å². The van der Waals surface area contributed by atoms with Crippen molar-refractivity contribution < 1.29 is 4.79 Å². The molecule has 3 nitrogen and oxygen atoms in total. The molecule has 0 radical (unpaired) electrons. The fourth-order valence-electron chi connectivity index (χ4n) is 2.93. The molecule has 2 rings (SSSR count). The minimum Gasteiger partial charge on any atom is -0.341 e. The lowest BCUT2D eigenvalue weighted by atomic mass is 9.97. The van der Waals surface area contributed by atoms with E-state index in [1.807, 2.05) is 11.0 Å². The van der Waals surface area contributed by atoms with Gasteiger partial charge in [0.15, 0.2) is 0 Å². The molecule has 0 bridgehead atoms. The van der Waals surface area contributed by atoms with Gasteiger partial charge in [0, 0.05) is 26.2 Å². The number of piperidine rings is 1.